The van der Waals surface area contributed by atoms with Crippen molar-refractivity contribution in [2.24, 2.45) is 0 Å². The Labute approximate surface area is 289 Å². The number of alkyl halides is 3. The molecule has 49 heavy (non-hydrogen) atoms. The Kier molecular flexibility index (Phi) is 12.4. The Morgan fingerprint density at radius 1 is 1.08 bits per heavy atom. The highest BCUT2D eigenvalue weighted by atomic mass is 32.2. The van der Waals surface area contributed by atoms with Crippen LogP contribution in [0.25, 0.3) is 11.3 Å². The number of benzene rings is 1. The molecule has 2 saturated heterocycles. The summed E-state index contributed by atoms with van der Waals surface area (Å²) in [5.74, 6) is 0.368. The molecule has 13 nitrogen and oxygen atoms in total. The zero-order chi connectivity index (χ0) is 35.6. The number of sulfonamides is 2. The van der Waals surface area contributed by atoms with Gasteiger partial charge < -0.3 is 19.8 Å². The number of nitrogens with zero attached hydrogens (tertiary/aromatic N) is 5. The lowest BCUT2D eigenvalue weighted by molar-refractivity contribution is -0.139. The van der Waals surface area contributed by atoms with Gasteiger partial charge in [0.15, 0.2) is 0 Å². The number of nitrogens with one attached hydrogen (secondary N) is 1. The Hall–Kier alpha value is -1.81. The molecule has 0 radical (unpaired) electrons. The molecule has 4 heterocycles. The fourth-order valence-electron chi connectivity index (χ4n) is 6.63. The normalized spacial score (nSPS) is 21.6. The van der Waals surface area contributed by atoms with E-state index < -0.39 is 37.9 Å². The minimum absolute atomic E-state index is 0.00694. The van der Waals surface area contributed by atoms with Crippen molar-refractivity contribution >= 4 is 31.8 Å². The number of hydrogen-bond acceptors (Lipinski definition) is 11. The summed E-state index contributed by atoms with van der Waals surface area (Å²) in [7, 11) is -6.88. The second kappa shape index (κ2) is 15.8. The van der Waals surface area contributed by atoms with Crippen molar-refractivity contribution in [2.45, 2.75) is 61.7 Å². The molecule has 1 aromatic carbocycles. The van der Waals surface area contributed by atoms with Crippen LogP contribution in [0.1, 0.15) is 29.7 Å². The minimum Gasteiger partial charge on any atom is -0.394 e. The van der Waals surface area contributed by atoms with Gasteiger partial charge in [0.1, 0.15) is 0 Å². The molecule has 5 rings (SSSR count). The van der Waals surface area contributed by atoms with Gasteiger partial charge in [0.25, 0.3) is 0 Å². The van der Waals surface area contributed by atoms with Crippen molar-refractivity contribution in [3.63, 3.8) is 0 Å². The number of aliphatic hydroxyl groups excluding tert-OH is 2. The Morgan fingerprint density at radius 2 is 1.82 bits per heavy atom. The second-order valence-electron chi connectivity index (χ2n) is 13.0. The monoisotopic (exact) mass is 754 g/mol. The summed E-state index contributed by atoms with van der Waals surface area (Å²) in [5, 5.41) is 25.3. The number of aromatic nitrogens is 2. The van der Waals surface area contributed by atoms with Crippen LogP contribution in [0.5, 0.6) is 0 Å². The number of rotatable bonds is 13. The first-order valence-electron chi connectivity index (χ1n) is 16.2. The molecule has 0 bridgehead atoms. The summed E-state index contributed by atoms with van der Waals surface area (Å²) in [6.07, 6.45) is -2.00. The minimum atomic E-state index is -4.59. The van der Waals surface area contributed by atoms with E-state index in [4.69, 9.17) is 9.84 Å². The highest BCUT2D eigenvalue weighted by Crippen LogP contribution is 2.40. The SMILES string of the molecule is CS(=O)(=O)NC1CCN(CC(O)Cn2nc(-c3ccc(C(F)(F)F)c(SCCN4CCOC(CO)C4)c3)c3c2CCN(S(C)(=O)=O)C3)CC1. The van der Waals surface area contributed by atoms with Crippen molar-refractivity contribution in [3.05, 3.63) is 35.0 Å². The molecule has 2 atom stereocenters. The first-order chi connectivity index (χ1) is 23.0. The zero-order valence-corrected chi connectivity index (χ0v) is 30.1. The number of likely N-dealkylation sites (tertiary alicyclic amines) is 1. The third-order valence-corrected chi connectivity index (χ3v) is 12.1. The molecular formula is C30H45F3N6O7S3. The van der Waals surface area contributed by atoms with Gasteiger partial charge in [-0.05, 0) is 38.1 Å². The van der Waals surface area contributed by atoms with Gasteiger partial charge in [-0.3, -0.25) is 9.58 Å². The number of fused-ring (bicyclic) bond motifs is 1. The van der Waals surface area contributed by atoms with Crippen LogP contribution in [0.4, 0.5) is 13.2 Å². The lowest BCUT2D eigenvalue weighted by Gasteiger charge is -2.33. The van der Waals surface area contributed by atoms with Crippen molar-refractivity contribution in [1.82, 2.24) is 28.6 Å². The van der Waals surface area contributed by atoms with Gasteiger partial charge >= 0.3 is 6.18 Å². The molecule has 2 aromatic rings. The van der Waals surface area contributed by atoms with Crippen molar-refractivity contribution in [2.75, 3.05) is 77.3 Å². The molecule has 3 N–H and O–H groups in total. The Balaban J connectivity index is 1.36. The van der Waals surface area contributed by atoms with Crippen molar-refractivity contribution < 1.29 is 45.0 Å². The second-order valence-corrected chi connectivity index (χ2v) is 17.9. The molecular weight excluding hydrogens is 710 g/mol. The van der Waals surface area contributed by atoms with Crippen LogP contribution in [-0.4, -0.2) is 146 Å². The Bertz CT molecular complexity index is 1670. The van der Waals surface area contributed by atoms with Gasteiger partial charge in [0, 0.05) is 79.2 Å². The number of hydrogen-bond donors (Lipinski definition) is 3. The quantitative estimate of drug-likeness (QED) is 0.251. The number of aliphatic hydroxyl groups is 2. The number of ether oxygens (including phenoxy) is 1. The largest absolute Gasteiger partial charge is 0.417 e. The predicted octanol–water partition coefficient (Wildman–Crippen LogP) is 1.05. The van der Waals surface area contributed by atoms with E-state index >= 15 is 0 Å². The Morgan fingerprint density at radius 3 is 2.47 bits per heavy atom. The van der Waals surface area contributed by atoms with E-state index in [0.29, 0.717) is 87.7 Å². The molecule has 0 aliphatic carbocycles. The third kappa shape index (κ3) is 10.4. The molecule has 19 heteroatoms. The number of morpholine rings is 1. The van der Waals surface area contributed by atoms with Gasteiger partial charge in [-0.2, -0.15) is 22.6 Å². The summed E-state index contributed by atoms with van der Waals surface area (Å²) in [5.41, 5.74) is 1.34. The molecule has 2 unspecified atom stereocenters. The summed E-state index contributed by atoms with van der Waals surface area (Å²) in [6, 6.07) is 3.69. The molecule has 3 aliphatic rings. The van der Waals surface area contributed by atoms with Gasteiger partial charge in [-0.25, -0.2) is 21.6 Å². The zero-order valence-electron chi connectivity index (χ0n) is 27.6. The predicted molar refractivity (Wildman–Crippen MR) is 179 cm³/mol. The first kappa shape index (κ1) is 38.4. The lowest BCUT2D eigenvalue weighted by atomic mass is 10.0. The van der Waals surface area contributed by atoms with Gasteiger partial charge in [-0.1, -0.05) is 6.07 Å². The summed E-state index contributed by atoms with van der Waals surface area (Å²) < 4.78 is 102. The molecule has 3 aliphatic heterocycles. The maximum Gasteiger partial charge on any atom is 0.417 e. The number of β-amino-alcohol motifs (C(OH)–C–C–N with tert-alkyl or cyclic N) is 1. The van der Waals surface area contributed by atoms with Crippen LogP contribution in [0.2, 0.25) is 0 Å². The molecule has 0 amide bonds. The van der Waals surface area contributed by atoms with Crippen LogP contribution in [0.15, 0.2) is 23.1 Å². The van der Waals surface area contributed by atoms with E-state index in [0.717, 1.165) is 36.0 Å². The van der Waals surface area contributed by atoms with Crippen LogP contribution in [0.3, 0.4) is 0 Å². The fourth-order valence-corrected chi connectivity index (χ4v) is 9.37. The van der Waals surface area contributed by atoms with E-state index in [2.05, 4.69) is 4.72 Å². The van der Waals surface area contributed by atoms with Gasteiger partial charge in [0.2, 0.25) is 20.0 Å². The smallest absolute Gasteiger partial charge is 0.394 e. The molecule has 0 spiro atoms. The third-order valence-electron chi connectivity index (χ3n) is 9.04. The number of thioether (sulfide) groups is 1. The van der Waals surface area contributed by atoms with Crippen molar-refractivity contribution in [1.29, 1.82) is 0 Å². The van der Waals surface area contributed by atoms with E-state index in [1.807, 2.05) is 9.80 Å². The highest BCUT2D eigenvalue weighted by Gasteiger charge is 2.35. The average molecular weight is 755 g/mol. The highest BCUT2D eigenvalue weighted by molar-refractivity contribution is 7.99. The summed E-state index contributed by atoms with van der Waals surface area (Å²) in [6.45, 7) is 3.74. The topological polar surface area (TPSA) is 158 Å². The first-order valence-corrected chi connectivity index (χ1v) is 20.9. The number of halogens is 3. The van der Waals surface area contributed by atoms with Crippen LogP contribution in [-0.2, 0) is 50.5 Å². The summed E-state index contributed by atoms with van der Waals surface area (Å²) >= 11 is 1.08. The van der Waals surface area contributed by atoms with E-state index in [9.17, 15) is 40.2 Å². The molecule has 276 valence electrons. The standard InChI is InChI=1S/C30H45F3N6O7S3/c1-48(42,43)35-22-5-8-36(9-6-22)16-23(41)17-39-27-7-10-38(49(2,44)45)19-25(27)29(34-39)21-3-4-26(30(31,32)33)28(15-21)47-14-12-37-11-13-46-24(18-37)20-40/h3-4,15,22-24,35,40-41H,5-14,16-20H2,1-2H3. The van der Waals surface area contributed by atoms with E-state index in [1.54, 1.807) is 4.68 Å². The van der Waals surface area contributed by atoms with E-state index in [-0.39, 0.29) is 43.3 Å². The molecule has 1 aromatic heterocycles. The molecule has 2 fully saturated rings. The van der Waals surface area contributed by atoms with Crippen LogP contribution >= 0.6 is 11.8 Å². The molecule has 0 saturated carbocycles. The van der Waals surface area contributed by atoms with Gasteiger partial charge in [-0.15, -0.1) is 11.8 Å². The lowest BCUT2D eigenvalue weighted by Crippen LogP contribution is -2.46. The average Bonchev–Trinajstić information content (AvgIpc) is 3.38. The summed E-state index contributed by atoms with van der Waals surface area (Å²) in [4.78, 5) is 4.13. The van der Waals surface area contributed by atoms with Crippen LogP contribution < -0.4 is 4.72 Å². The fraction of sp³-hybridized carbons (Fsp3) is 0.700. The maximum atomic E-state index is 14.1. The maximum absolute atomic E-state index is 14.1. The van der Waals surface area contributed by atoms with E-state index in [1.165, 1.54) is 16.4 Å². The number of piperidine rings is 1. The van der Waals surface area contributed by atoms with Crippen LogP contribution in [0, 0.1) is 0 Å². The van der Waals surface area contributed by atoms with Gasteiger partial charge in [0.05, 0.1) is 55.7 Å². The van der Waals surface area contributed by atoms with Crippen molar-refractivity contribution in [3.8, 4) is 11.3 Å².